The second-order valence-electron chi connectivity index (χ2n) is 1.84. The van der Waals surface area contributed by atoms with Crippen molar-refractivity contribution in [1.82, 2.24) is 0 Å². The van der Waals surface area contributed by atoms with Crippen molar-refractivity contribution >= 4 is 5.97 Å². The van der Waals surface area contributed by atoms with Crippen LogP contribution in [0.25, 0.3) is 0 Å². The van der Waals surface area contributed by atoms with Crippen molar-refractivity contribution in [2.24, 2.45) is 0 Å². The molecule has 0 bridgehead atoms. The van der Waals surface area contributed by atoms with E-state index in [2.05, 4.69) is 6.58 Å². The molecular formula is C6H8O2. The second-order valence-corrected chi connectivity index (χ2v) is 1.84. The van der Waals surface area contributed by atoms with E-state index in [9.17, 15) is 4.79 Å². The number of esters is 1. The van der Waals surface area contributed by atoms with Crippen LogP contribution in [0.2, 0.25) is 0 Å². The Morgan fingerprint density at radius 3 is 2.75 bits per heavy atom. The molecule has 1 aliphatic carbocycles. The molecule has 0 radical (unpaired) electrons. The number of carbonyl (C=O) groups is 1. The fraction of sp³-hybridized carbons (Fsp3) is 0.500. The third kappa shape index (κ3) is 1.37. The molecule has 0 atom stereocenters. The summed E-state index contributed by atoms with van der Waals surface area (Å²) in [6, 6.07) is 0. The van der Waals surface area contributed by atoms with Gasteiger partial charge in [0.2, 0.25) is 0 Å². The van der Waals surface area contributed by atoms with Crippen LogP contribution in [0.5, 0.6) is 0 Å². The Kier molecular flexibility index (Phi) is 1.33. The van der Waals surface area contributed by atoms with Gasteiger partial charge in [-0.15, -0.1) is 0 Å². The highest BCUT2D eigenvalue weighted by molar-refractivity contribution is 5.81. The summed E-state index contributed by atoms with van der Waals surface area (Å²) < 4.78 is 4.75. The lowest BCUT2D eigenvalue weighted by Crippen LogP contribution is -2.00. The average molecular weight is 112 g/mol. The van der Waals surface area contributed by atoms with Gasteiger partial charge < -0.3 is 4.74 Å². The topological polar surface area (TPSA) is 26.3 Å². The minimum absolute atomic E-state index is 0.209. The molecule has 2 nitrogen and oxygen atoms in total. The molecule has 8 heavy (non-hydrogen) atoms. The first-order chi connectivity index (χ1) is 3.83. The summed E-state index contributed by atoms with van der Waals surface area (Å²) in [6.07, 6.45) is 3.46. The first-order valence-corrected chi connectivity index (χ1v) is 2.66. The zero-order valence-electron chi connectivity index (χ0n) is 4.59. The first-order valence-electron chi connectivity index (χ1n) is 2.66. The average Bonchev–Trinajstić information content (AvgIpc) is 2.50. The monoisotopic (exact) mass is 112 g/mol. The van der Waals surface area contributed by atoms with Gasteiger partial charge >= 0.3 is 5.97 Å². The number of ether oxygens (including phenoxy) is 1. The van der Waals surface area contributed by atoms with Crippen LogP contribution in [-0.4, -0.2) is 12.1 Å². The van der Waals surface area contributed by atoms with E-state index in [1.54, 1.807) is 0 Å². The maximum atomic E-state index is 10.3. The maximum Gasteiger partial charge on any atom is 0.330 e. The van der Waals surface area contributed by atoms with Gasteiger partial charge in [-0.2, -0.15) is 0 Å². The molecule has 0 aliphatic heterocycles. The summed E-state index contributed by atoms with van der Waals surface area (Å²) in [5, 5.41) is 0. The van der Waals surface area contributed by atoms with Gasteiger partial charge in [0.15, 0.2) is 0 Å². The number of carbonyl (C=O) groups excluding carboxylic acids is 1. The number of hydrogen-bond donors (Lipinski definition) is 0. The predicted molar refractivity (Wildman–Crippen MR) is 29.3 cm³/mol. The van der Waals surface area contributed by atoms with Gasteiger partial charge in [-0.3, -0.25) is 0 Å². The van der Waals surface area contributed by atoms with E-state index in [0.717, 1.165) is 12.8 Å². The molecule has 2 heteroatoms. The largest absolute Gasteiger partial charge is 0.459 e. The zero-order chi connectivity index (χ0) is 5.98. The smallest absolute Gasteiger partial charge is 0.330 e. The third-order valence-corrected chi connectivity index (χ3v) is 0.974. The Balaban J connectivity index is 2.16. The van der Waals surface area contributed by atoms with Crippen LogP contribution in [0.4, 0.5) is 0 Å². The van der Waals surface area contributed by atoms with Crippen LogP contribution in [0.3, 0.4) is 0 Å². The molecule has 0 aromatic carbocycles. The normalized spacial score (nSPS) is 17.5. The molecule has 1 aliphatic rings. The second kappa shape index (κ2) is 1.99. The van der Waals surface area contributed by atoms with Gasteiger partial charge in [0.1, 0.15) is 6.10 Å². The van der Waals surface area contributed by atoms with Gasteiger partial charge in [0.05, 0.1) is 0 Å². The van der Waals surface area contributed by atoms with Crippen LogP contribution in [0.1, 0.15) is 12.8 Å². The molecule has 1 rings (SSSR count). The summed E-state index contributed by atoms with van der Waals surface area (Å²) in [6.45, 7) is 3.27. The highest BCUT2D eigenvalue weighted by Crippen LogP contribution is 2.23. The molecule has 1 fully saturated rings. The van der Waals surface area contributed by atoms with E-state index in [4.69, 9.17) is 4.74 Å². The van der Waals surface area contributed by atoms with E-state index >= 15 is 0 Å². The van der Waals surface area contributed by atoms with E-state index in [-0.39, 0.29) is 12.1 Å². The highest BCUT2D eigenvalue weighted by Gasteiger charge is 2.24. The molecule has 0 aromatic heterocycles. The summed E-state index contributed by atoms with van der Waals surface area (Å²) in [5.74, 6) is -0.299. The van der Waals surface area contributed by atoms with Gasteiger partial charge in [-0.05, 0) is 12.8 Å². The minimum atomic E-state index is -0.299. The Morgan fingerprint density at radius 2 is 2.38 bits per heavy atom. The molecule has 1 saturated carbocycles. The molecule has 0 saturated heterocycles. The van der Waals surface area contributed by atoms with E-state index in [1.807, 2.05) is 0 Å². The molecule has 44 valence electrons. The van der Waals surface area contributed by atoms with Crippen molar-refractivity contribution in [3.63, 3.8) is 0 Å². The van der Waals surface area contributed by atoms with Gasteiger partial charge in [0, 0.05) is 6.08 Å². The highest BCUT2D eigenvalue weighted by atomic mass is 16.5. The van der Waals surface area contributed by atoms with Gasteiger partial charge in [-0.1, -0.05) is 6.58 Å². The summed E-state index contributed by atoms with van der Waals surface area (Å²) in [7, 11) is 0. The Bertz CT molecular complexity index is 114. The van der Waals surface area contributed by atoms with Gasteiger partial charge in [-0.25, -0.2) is 4.79 Å². The Hall–Kier alpha value is -0.790. The standard InChI is InChI=1S/C6H8O2/c1-2-6(7)8-5-3-4-5/h2,5H,1,3-4H2. The van der Waals surface area contributed by atoms with Crippen LogP contribution < -0.4 is 0 Å². The molecule has 0 unspecified atom stereocenters. The van der Waals surface area contributed by atoms with Gasteiger partial charge in [0.25, 0.3) is 0 Å². The first kappa shape index (κ1) is 5.35. The van der Waals surface area contributed by atoms with Crippen molar-refractivity contribution in [1.29, 1.82) is 0 Å². The van der Waals surface area contributed by atoms with Crippen molar-refractivity contribution < 1.29 is 9.53 Å². The molecule has 0 heterocycles. The van der Waals surface area contributed by atoms with E-state index < -0.39 is 0 Å². The molecule has 0 amide bonds. The van der Waals surface area contributed by atoms with Crippen LogP contribution in [-0.2, 0) is 9.53 Å². The quantitative estimate of drug-likeness (QED) is 0.391. The maximum absolute atomic E-state index is 10.3. The lowest BCUT2D eigenvalue weighted by Gasteiger charge is -1.93. The van der Waals surface area contributed by atoms with Crippen molar-refractivity contribution in [3.8, 4) is 0 Å². The minimum Gasteiger partial charge on any atom is -0.459 e. The fourth-order valence-corrected chi connectivity index (χ4v) is 0.398. The predicted octanol–water partition coefficient (Wildman–Crippen LogP) is 0.878. The summed E-state index contributed by atoms with van der Waals surface area (Å²) in [4.78, 5) is 10.3. The van der Waals surface area contributed by atoms with Crippen LogP contribution in [0.15, 0.2) is 12.7 Å². The number of hydrogen-bond acceptors (Lipinski definition) is 2. The number of rotatable bonds is 2. The van der Waals surface area contributed by atoms with Crippen molar-refractivity contribution in [2.75, 3.05) is 0 Å². The van der Waals surface area contributed by atoms with E-state index in [1.165, 1.54) is 6.08 Å². The lowest BCUT2D eigenvalue weighted by atomic mass is 10.6. The Morgan fingerprint density at radius 1 is 1.75 bits per heavy atom. The SMILES string of the molecule is C=CC(=O)OC1CC1. The van der Waals surface area contributed by atoms with Crippen molar-refractivity contribution in [3.05, 3.63) is 12.7 Å². The molecule has 0 spiro atoms. The fourth-order valence-electron chi connectivity index (χ4n) is 0.398. The molecule has 0 aromatic rings. The third-order valence-electron chi connectivity index (χ3n) is 0.974. The Labute approximate surface area is 48.1 Å². The molecule has 0 N–H and O–H groups in total. The lowest BCUT2D eigenvalue weighted by molar-refractivity contribution is -0.138. The zero-order valence-corrected chi connectivity index (χ0v) is 4.59. The van der Waals surface area contributed by atoms with Crippen LogP contribution >= 0.6 is 0 Å². The molecular weight excluding hydrogens is 104 g/mol. The van der Waals surface area contributed by atoms with E-state index in [0.29, 0.717) is 0 Å². The van der Waals surface area contributed by atoms with Crippen molar-refractivity contribution in [2.45, 2.75) is 18.9 Å². The summed E-state index contributed by atoms with van der Waals surface area (Å²) in [5.41, 5.74) is 0. The summed E-state index contributed by atoms with van der Waals surface area (Å²) >= 11 is 0. The van der Waals surface area contributed by atoms with Crippen LogP contribution in [0, 0.1) is 0 Å².